The average Bonchev–Trinajstić information content (AvgIpc) is 3.05. The molecule has 0 aliphatic heterocycles. The molecule has 0 bridgehead atoms. The molecule has 0 aromatic rings. The predicted octanol–water partition coefficient (Wildman–Crippen LogP) is 6.51. The van der Waals surface area contributed by atoms with Gasteiger partial charge in [0.2, 0.25) is 0 Å². The SMILES string of the molecule is CC[C]1([Hf][C]2(CC)C=CC(C(C)C)=C2)C=CC(C(C)C)=C1. The van der Waals surface area contributed by atoms with E-state index in [4.69, 9.17) is 0 Å². The van der Waals surface area contributed by atoms with Crippen molar-refractivity contribution in [2.24, 2.45) is 11.8 Å². The summed E-state index contributed by atoms with van der Waals surface area (Å²) in [5.74, 6) is 1.33. The number of rotatable bonds is 6. The molecule has 2 unspecified atom stereocenters. The molecular weight excluding hydrogens is 419 g/mol. The minimum atomic E-state index is -0.911. The number of hydrogen-bond donors (Lipinski definition) is 0. The van der Waals surface area contributed by atoms with Crippen LogP contribution in [0.1, 0.15) is 54.4 Å². The summed E-state index contributed by atoms with van der Waals surface area (Å²) in [5.41, 5.74) is 3.12. The Balaban J connectivity index is 2.27. The van der Waals surface area contributed by atoms with E-state index < -0.39 is 22.9 Å². The van der Waals surface area contributed by atoms with Crippen LogP contribution in [-0.4, -0.2) is 0 Å². The molecule has 2 atom stereocenters. The van der Waals surface area contributed by atoms with E-state index in [1.54, 1.807) is 11.1 Å². The Hall–Kier alpha value is -0.170. The van der Waals surface area contributed by atoms with Gasteiger partial charge in [-0.1, -0.05) is 0 Å². The summed E-state index contributed by atoms with van der Waals surface area (Å²) >= 11 is -0.911. The van der Waals surface area contributed by atoms with Gasteiger partial charge in [-0.2, -0.15) is 0 Å². The van der Waals surface area contributed by atoms with Crippen molar-refractivity contribution < 1.29 is 22.9 Å². The summed E-state index contributed by atoms with van der Waals surface area (Å²) in [6.07, 6.45) is 17.8. The molecule has 0 heterocycles. The summed E-state index contributed by atoms with van der Waals surface area (Å²) in [4.78, 5) is 0. The summed E-state index contributed by atoms with van der Waals surface area (Å²) in [6.45, 7) is 14.0. The van der Waals surface area contributed by atoms with Crippen molar-refractivity contribution in [3.8, 4) is 0 Å². The maximum absolute atomic E-state index is 2.63. The molecule has 0 N–H and O–H groups in total. The molecule has 0 aromatic heterocycles. The fourth-order valence-electron chi connectivity index (χ4n) is 3.20. The topological polar surface area (TPSA) is 0 Å². The van der Waals surface area contributed by atoms with Crippen molar-refractivity contribution in [1.82, 2.24) is 0 Å². The fourth-order valence-corrected chi connectivity index (χ4v) is 10.5. The van der Waals surface area contributed by atoms with Crippen LogP contribution < -0.4 is 0 Å². The average molecular weight is 449 g/mol. The molecule has 0 aromatic carbocycles. The van der Waals surface area contributed by atoms with Crippen LogP contribution in [0.15, 0.2) is 47.6 Å². The first-order chi connectivity index (χ1) is 9.85. The molecule has 2 rings (SSSR count). The fraction of sp³-hybridized carbons (Fsp3) is 0.600. The Kier molecular flexibility index (Phi) is 5.34. The minimum absolute atomic E-state index is 0.447. The van der Waals surface area contributed by atoms with Crippen molar-refractivity contribution in [3.63, 3.8) is 0 Å². The molecule has 2 aliphatic rings. The van der Waals surface area contributed by atoms with E-state index in [9.17, 15) is 0 Å². The third kappa shape index (κ3) is 3.60. The van der Waals surface area contributed by atoms with E-state index in [1.165, 1.54) is 12.8 Å². The first-order valence-electron chi connectivity index (χ1n) is 8.48. The second-order valence-electron chi connectivity index (χ2n) is 7.18. The zero-order valence-electron chi connectivity index (χ0n) is 14.5. The standard InChI is InChI=1S/2C10H15.Hf/c2*1-4-9-5-6-10(7-9)8(2)3;/h2*5-8H,4H2,1-3H3;. The quantitative estimate of drug-likeness (QED) is 0.406. The third-order valence-corrected chi connectivity index (χ3v) is 13.1. The molecule has 0 amide bonds. The molecule has 114 valence electrons. The number of hydrogen-bond acceptors (Lipinski definition) is 0. The van der Waals surface area contributed by atoms with Crippen LogP contribution in [0.3, 0.4) is 0 Å². The molecular formula is C20H30Hf. The van der Waals surface area contributed by atoms with Crippen molar-refractivity contribution in [2.75, 3.05) is 0 Å². The Morgan fingerprint density at radius 2 is 1.19 bits per heavy atom. The predicted molar refractivity (Wildman–Crippen MR) is 90.1 cm³/mol. The van der Waals surface area contributed by atoms with Crippen molar-refractivity contribution in [1.29, 1.82) is 0 Å². The van der Waals surface area contributed by atoms with E-state index in [0.717, 1.165) is 0 Å². The van der Waals surface area contributed by atoms with Gasteiger partial charge in [-0.25, -0.2) is 0 Å². The Morgan fingerprint density at radius 3 is 1.43 bits per heavy atom. The van der Waals surface area contributed by atoms with Crippen LogP contribution in [0.25, 0.3) is 0 Å². The van der Waals surface area contributed by atoms with Crippen molar-refractivity contribution in [3.05, 3.63) is 47.6 Å². The Bertz CT molecular complexity index is 458. The van der Waals surface area contributed by atoms with Crippen molar-refractivity contribution in [2.45, 2.75) is 60.7 Å². The van der Waals surface area contributed by atoms with Crippen LogP contribution in [0.4, 0.5) is 0 Å². The van der Waals surface area contributed by atoms with Crippen LogP contribution >= 0.6 is 0 Å². The Morgan fingerprint density at radius 1 is 0.810 bits per heavy atom. The van der Waals surface area contributed by atoms with Gasteiger partial charge in [0, 0.05) is 0 Å². The van der Waals surface area contributed by atoms with Gasteiger partial charge in [0.15, 0.2) is 0 Å². The second kappa shape index (κ2) is 6.52. The van der Waals surface area contributed by atoms with E-state index >= 15 is 0 Å². The van der Waals surface area contributed by atoms with E-state index in [0.29, 0.717) is 18.2 Å². The molecule has 0 spiro atoms. The second-order valence-corrected chi connectivity index (χ2v) is 14.8. The normalized spacial score (nSPS) is 31.2. The van der Waals surface area contributed by atoms with Crippen molar-refractivity contribution >= 4 is 0 Å². The van der Waals surface area contributed by atoms with Gasteiger partial charge in [-0.15, -0.1) is 0 Å². The molecule has 0 saturated carbocycles. The maximum atomic E-state index is 2.63. The monoisotopic (exact) mass is 450 g/mol. The van der Waals surface area contributed by atoms with Gasteiger partial charge in [0.1, 0.15) is 0 Å². The van der Waals surface area contributed by atoms with E-state index in [1.807, 2.05) is 0 Å². The molecule has 0 radical (unpaired) electrons. The molecule has 21 heavy (non-hydrogen) atoms. The van der Waals surface area contributed by atoms with Gasteiger partial charge in [0.25, 0.3) is 0 Å². The van der Waals surface area contributed by atoms with Gasteiger partial charge in [-0.05, 0) is 0 Å². The molecule has 1 heteroatoms. The van der Waals surface area contributed by atoms with Gasteiger partial charge >= 0.3 is 143 Å². The van der Waals surface area contributed by atoms with E-state index in [2.05, 4.69) is 78.0 Å². The molecule has 0 nitrogen and oxygen atoms in total. The summed E-state index contributed by atoms with van der Waals surface area (Å²) < 4.78 is 0.895. The van der Waals surface area contributed by atoms with Gasteiger partial charge < -0.3 is 0 Å². The summed E-state index contributed by atoms with van der Waals surface area (Å²) in [6, 6.07) is 0. The molecule has 2 aliphatic carbocycles. The van der Waals surface area contributed by atoms with Crippen LogP contribution in [0, 0.1) is 11.8 Å². The summed E-state index contributed by atoms with van der Waals surface area (Å²) in [5, 5.41) is 0. The van der Waals surface area contributed by atoms with Gasteiger partial charge in [0.05, 0.1) is 0 Å². The molecule has 0 fully saturated rings. The van der Waals surface area contributed by atoms with Crippen LogP contribution in [0.5, 0.6) is 0 Å². The van der Waals surface area contributed by atoms with Crippen LogP contribution in [-0.2, 0) is 22.9 Å². The van der Waals surface area contributed by atoms with E-state index in [-0.39, 0.29) is 0 Å². The zero-order valence-corrected chi connectivity index (χ0v) is 18.1. The summed E-state index contributed by atoms with van der Waals surface area (Å²) in [7, 11) is 0. The molecule has 0 saturated heterocycles. The first kappa shape index (κ1) is 17.2. The third-order valence-electron chi connectivity index (χ3n) is 4.96. The van der Waals surface area contributed by atoms with Crippen LogP contribution in [0.2, 0.25) is 6.34 Å². The zero-order chi connectivity index (χ0) is 15.7. The van der Waals surface area contributed by atoms with Gasteiger partial charge in [-0.3, -0.25) is 0 Å². The number of allylic oxidation sites excluding steroid dienone is 8. The first-order valence-corrected chi connectivity index (χ1v) is 12.1. The Labute approximate surface area is 142 Å².